The normalized spacial score (nSPS) is 13.7. The van der Waals surface area contributed by atoms with Gasteiger partial charge in [-0.2, -0.15) is 0 Å². The molecule has 1 aliphatic carbocycles. The maximum atomic E-state index is 13.8. The van der Waals surface area contributed by atoms with E-state index in [9.17, 15) is 4.79 Å². The lowest BCUT2D eigenvalue weighted by Crippen LogP contribution is -2.22. The third kappa shape index (κ3) is 3.19. The molecule has 32 heavy (non-hydrogen) atoms. The van der Waals surface area contributed by atoms with E-state index in [1.807, 2.05) is 30.3 Å². The minimum Gasteiger partial charge on any atom is -0.268 e. The Kier molecular flexibility index (Phi) is 4.88. The molecule has 0 amide bonds. The quantitative estimate of drug-likeness (QED) is 0.330. The monoisotopic (exact) mass is 458 g/mol. The second-order valence-electron chi connectivity index (χ2n) is 8.26. The van der Waals surface area contributed by atoms with E-state index in [1.54, 1.807) is 27.7 Å². The Morgan fingerprint density at radius 2 is 1.78 bits per heavy atom. The number of benzene rings is 2. The SMILES string of the molecule is Cc1ccc(-n2c(=O)c3c4c(sc3n3c(SCc5ccccc5)nnc23)CCCC4)cc1. The Labute approximate surface area is 193 Å². The number of hydrogen-bond donors (Lipinski definition) is 0. The molecule has 0 unspecified atom stereocenters. The minimum atomic E-state index is 0.0164. The Bertz CT molecular complexity index is 1500. The third-order valence-electron chi connectivity index (χ3n) is 6.09. The highest BCUT2D eigenvalue weighted by Gasteiger charge is 2.25. The molecule has 3 aromatic heterocycles. The van der Waals surface area contributed by atoms with Crippen LogP contribution in [-0.4, -0.2) is 19.2 Å². The van der Waals surface area contributed by atoms with Crippen molar-refractivity contribution in [3.63, 3.8) is 0 Å². The smallest absolute Gasteiger partial charge is 0.268 e. The van der Waals surface area contributed by atoms with E-state index < -0.39 is 0 Å². The molecule has 160 valence electrons. The predicted molar refractivity (Wildman–Crippen MR) is 131 cm³/mol. The number of fused-ring (bicyclic) bond motifs is 5. The molecule has 0 aliphatic heterocycles. The molecule has 0 fully saturated rings. The van der Waals surface area contributed by atoms with Gasteiger partial charge in [0.1, 0.15) is 4.83 Å². The summed E-state index contributed by atoms with van der Waals surface area (Å²) in [7, 11) is 0. The van der Waals surface area contributed by atoms with Gasteiger partial charge in [-0.3, -0.25) is 4.79 Å². The molecule has 0 radical (unpaired) electrons. The van der Waals surface area contributed by atoms with E-state index >= 15 is 0 Å². The third-order valence-corrected chi connectivity index (χ3v) is 8.37. The van der Waals surface area contributed by atoms with Crippen LogP contribution in [0.15, 0.2) is 64.5 Å². The van der Waals surface area contributed by atoms with Crippen molar-refractivity contribution in [3.05, 3.63) is 86.5 Å². The predicted octanol–water partition coefficient (Wildman–Crippen LogP) is 5.57. The van der Waals surface area contributed by atoms with Crippen molar-refractivity contribution in [1.29, 1.82) is 0 Å². The van der Waals surface area contributed by atoms with Gasteiger partial charge in [0.05, 0.1) is 11.1 Å². The Morgan fingerprint density at radius 3 is 2.59 bits per heavy atom. The van der Waals surface area contributed by atoms with E-state index in [2.05, 4.69) is 45.8 Å². The van der Waals surface area contributed by atoms with Crippen LogP contribution in [0.2, 0.25) is 0 Å². The average Bonchev–Trinajstić information content (AvgIpc) is 3.41. The highest BCUT2D eigenvalue weighted by molar-refractivity contribution is 7.98. The van der Waals surface area contributed by atoms with Crippen molar-refractivity contribution >= 4 is 39.1 Å². The molecule has 0 saturated heterocycles. The fourth-order valence-electron chi connectivity index (χ4n) is 4.46. The number of thioether (sulfide) groups is 1. The van der Waals surface area contributed by atoms with Crippen molar-refractivity contribution in [2.24, 2.45) is 0 Å². The molecular weight excluding hydrogens is 436 g/mol. The van der Waals surface area contributed by atoms with Crippen LogP contribution >= 0.6 is 23.1 Å². The lowest BCUT2D eigenvalue weighted by Gasteiger charge is -2.12. The fourth-order valence-corrected chi connectivity index (χ4v) is 6.78. The molecule has 0 spiro atoms. The highest BCUT2D eigenvalue weighted by Crippen LogP contribution is 2.37. The zero-order valence-corrected chi connectivity index (χ0v) is 19.4. The zero-order chi connectivity index (χ0) is 21.7. The first kappa shape index (κ1) is 19.8. The summed E-state index contributed by atoms with van der Waals surface area (Å²) in [6.07, 6.45) is 4.35. The summed E-state index contributed by atoms with van der Waals surface area (Å²) >= 11 is 3.41. The Morgan fingerprint density at radius 1 is 1.00 bits per heavy atom. The van der Waals surface area contributed by atoms with Gasteiger partial charge in [0.2, 0.25) is 5.78 Å². The second-order valence-corrected chi connectivity index (χ2v) is 10.3. The maximum absolute atomic E-state index is 13.8. The average molecular weight is 459 g/mol. The number of thiophene rings is 1. The van der Waals surface area contributed by atoms with Crippen molar-refractivity contribution in [3.8, 4) is 5.69 Å². The summed E-state index contributed by atoms with van der Waals surface area (Å²) in [4.78, 5) is 16.2. The molecule has 5 nitrogen and oxygen atoms in total. The Hall–Kier alpha value is -2.90. The highest BCUT2D eigenvalue weighted by atomic mass is 32.2. The van der Waals surface area contributed by atoms with Crippen molar-refractivity contribution in [1.82, 2.24) is 19.2 Å². The van der Waals surface area contributed by atoms with Crippen molar-refractivity contribution in [2.75, 3.05) is 0 Å². The van der Waals surface area contributed by atoms with Crippen molar-refractivity contribution < 1.29 is 0 Å². The van der Waals surface area contributed by atoms with Gasteiger partial charge in [-0.05, 0) is 55.9 Å². The van der Waals surface area contributed by atoms with E-state index in [1.165, 1.54) is 22.4 Å². The summed E-state index contributed by atoms with van der Waals surface area (Å²) in [6, 6.07) is 18.4. The molecular formula is C25H22N4OS2. The summed E-state index contributed by atoms with van der Waals surface area (Å²) in [5.74, 6) is 1.39. The van der Waals surface area contributed by atoms with E-state index in [-0.39, 0.29) is 5.56 Å². The molecule has 0 bridgehead atoms. The van der Waals surface area contributed by atoms with E-state index in [4.69, 9.17) is 0 Å². The largest absolute Gasteiger partial charge is 0.268 e. The van der Waals surface area contributed by atoms with E-state index in [0.717, 1.165) is 51.6 Å². The molecule has 5 aromatic rings. The van der Waals surface area contributed by atoms with Gasteiger partial charge in [-0.1, -0.05) is 59.8 Å². The fraction of sp³-hybridized carbons (Fsp3) is 0.240. The van der Waals surface area contributed by atoms with Gasteiger partial charge in [-0.15, -0.1) is 21.5 Å². The van der Waals surface area contributed by atoms with Gasteiger partial charge in [0.15, 0.2) is 5.16 Å². The van der Waals surface area contributed by atoms with Gasteiger partial charge < -0.3 is 0 Å². The summed E-state index contributed by atoms with van der Waals surface area (Å²) in [6.45, 7) is 2.05. The first-order valence-corrected chi connectivity index (χ1v) is 12.7. The van der Waals surface area contributed by atoms with Crippen LogP contribution < -0.4 is 5.56 Å². The molecule has 2 aromatic carbocycles. The summed E-state index contributed by atoms with van der Waals surface area (Å²) < 4.78 is 3.84. The lowest BCUT2D eigenvalue weighted by atomic mass is 9.97. The van der Waals surface area contributed by atoms with Gasteiger partial charge >= 0.3 is 0 Å². The molecule has 0 N–H and O–H groups in total. The van der Waals surface area contributed by atoms with Crippen molar-refractivity contribution in [2.45, 2.75) is 43.5 Å². The Balaban J connectivity index is 1.61. The van der Waals surface area contributed by atoms with Crippen LogP contribution in [0.5, 0.6) is 0 Å². The molecule has 7 heteroatoms. The van der Waals surface area contributed by atoms with Gasteiger partial charge in [0.25, 0.3) is 5.56 Å². The van der Waals surface area contributed by atoms with Crippen LogP contribution in [-0.2, 0) is 18.6 Å². The lowest BCUT2D eigenvalue weighted by molar-refractivity contribution is 0.699. The molecule has 3 heterocycles. The van der Waals surface area contributed by atoms with Crippen LogP contribution in [0, 0.1) is 6.92 Å². The van der Waals surface area contributed by atoms with Crippen LogP contribution in [0.4, 0.5) is 0 Å². The zero-order valence-electron chi connectivity index (χ0n) is 17.7. The van der Waals surface area contributed by atoms with Crippen LogP contribution in [0.1, 0.15) is 34.4 Å². The number of rotatable bonds is 4. The van der Waals surface area contributed by atoms with Crippen LogP contribution in [0.25, 0.3) is 21.7 Å². The maximum Gasteiger partial charge on any atom is 0.268 e. The first-order valence-electron chi connectivity index (χ1n) is 10.9. The molecule has 0 saturated carbocycles. The molecule has 1 aliphatic rings. The van der Waals surface area contributed by atoms with E-state index in [0.29, 0.717) is 5.78 Å². The minimum absolute atomic E-state index is 0.0164. The summed E-state index contributed by atoms with van der Waals surface area (Å²) in [5.41, 5.74) is 4.48. The standard InChI is InChI=1S/C25H22N4OS2/c1-16-11-13-18(14-12-16)28-22(30)21-19-9-5-6-10-20(19)32-23(21)29-24(28)26-27-25(29)31-15-17-7-3-2-4-8-17/h2-4,7-8,11-14H,5-6,9-10,15H2,1H3. The topological polar surface area (TPSA) is 52.2 Å². The summed E-state index contributed by atoms with van der Waals surface area (Å²) in [5, 5.41) is 10.7. The number of nitrogens with zero attached hydrogens (tertiary/aromatic N) is 4. The first-order chi connectivity index (χ1) is 15.7. The number of hydrogen-bond acceptors (Lipinski definition) is 5. The number of aromatic nitrogens is 4. The van der Waals surface area contributed by atoms with Crippen LogP contribution in [0.3, 0.4) is 0 Å². The van der Waals surface area contributed by atoms with Gasteiger partial charge in [0, 0.05) is 10.6 Å². The van der Waals surface area contributed by atoms with Gasteiger partial charge in [-0.25, -0.2) is 8.97 Å². The molecule has 6 rings (SSSR count). The number of aryl methyl sites for hydroxylation is 3. The molecule has 0 atom stereocenters. The second kappa shape index (κ2) is 7.90.